The molecule has 23 heavy (non-hydrogen) atoms. The van der Waals surface area contributed by atoms with Crippen molar-refractivity contribution >= 4 is 11.9 Å². The monoisotopic (exact) mass is 317 g/mol. The van der Waals surface area contributed by atoms with Crippen LogP contribution in [0.5, 0.6) is 0 Å². The van der Waals surface area contributed by atoms with Crippen LogP contribution in [0.4, 0.5) is 0 Å². The molecule has 0 aliphatic heterocycles. The summed E-state index contributed by atoms with van der Waals surface area (Å²) in [4.78, 5) is 23.8. The number of rotatable bonds is 7. The van der Waals surface area contributed by atoms with Crippen LogP contribution < -0.4 is 0 Å². The lowest BCUT2D eigenvalue weighted by Crippen LogP contribution is -2.20. The molecule has 6 nitrogen and oxygen atoms in total. The van der Waals surface area contributed by atoms with Gasteiger partial charge in [0.25, 0.3) is 0 Å². The summed E-state index contributed by atoms with van der Waals surface area (Å²) in [5.74, 6) is 0.257. The van der Waals surface area contributed by atoms with E-state index in [1.54, 1.807) is 24.3 Å². The number of esters is 1. The number of carboxylic acids is 1. The average molecular weight is 317 g/mol. The summed E-state index contributed by atoms with van der Waals surface area (Å²) < 4.78 is 10.4. The molecule has 0 radical (unpaired) electrons. The van der Waals surface area contributed by atoms with Gasteiger partial charge in [-0.1, -0.05) is 12.1 Å². The minimum absolute atomic E-state index is 0.0963. The van der Waals surface area contributed by atoms with Crippen LogP contribution in [0.15, 0.2) is 40.8 Å². The first kappa shape index (κ1) is 16.8. The first-order valence-corrected chi connectivity index (χ1v) is 7.17. The van der Waals surface area contributed by atoms with Gasteiger partial charge >= 0.3 is 11.9 Å². The van der Waals surface area contributed by atoms with E-state index in [0.717, 1.165) is 11.3 Å². The number of methoxy groups -OCH3 is 1. The van der Waals surface area contributed by atoms with E-state index in [4.69, 9.17) is 9.52 Å². The third-order valence-corrected chi connectivity index (χ3v) is 3.39. The highest BCUT2D eigenvalue weighted by molar-refractivity contribution is 5.89. The quantitative estimate of drug-likeness (QED) is 0.791. The van der Waals surface area contributed by atoms with E-state index >= 15 is 0 Å². The number of ether oxygens (including phenoxy) is 1. The summed E-state index contributed by atoms with van der Waals surface area (Å²) >= 11 is 0. The third kappa shape index (κ3) is 4.69. The second-order valence-electron chi connectivity index (χ2n) is 5.22. The molecule has 0 unspecified atom stereocenters. The van der Waals surface area contributed by atoms with Crippen molar-refractivity contribution in [2.45, 2.75) is 13.0 Å². The van der Waals surface area contributed by atoms with Gasteiger partial charge in [0.2, 0.25) is 0 Å². The summed E-state index contributed by atoms with van der Waals surface area (Å²) in [5.41, 5.74) is 1.34. The maximum absolute atomic E-state index is 11.4. The van der Waals surface area contributed by atoms with Crippen LogP contribution in [0.3, 0.4) is 0 Å². The molecule has 0 spiro atoms. The number of carboxylic acid groups (broad SMARTS) is 1. The molecule has 1 aromatic heterocycles. The number of carbonyl (C=O) groups excluding carboxylic acids is 1. The molecule has 0 fully saturated rings. The number of carbonyl (C=O) groups is 2. The Labute approximate surface area is 134 Å². The van der Waals surface area contributed by atoms with Gasteiger partial charge in [-0.3, -0.25) is 9.69 Å². The van der Waals surface area contributed by atoms with E-state index in [0.29, 0.717) is 24.4 Å². The van der Waals surface area contributed by atoms with E-state index in [2.05, 4.69) is 4.74 Å². The summed E-state index contributed by atoms with van der Waals surface area (Å²) in [6, 6.07) is 10.7. The van der Waals surface area contributed by atoms with Gasteiger partial charge in [-0.15, -0.1) is 0 Å². The molecule has 1 aromatic carbocycles. The van der Waals surface area contributed by atoms with Crippen LogP contribution in [0, 0.1) is 0 Å². The molecule has 6 heteroatoms. The fourth-order valence-electron chi connectivity index (χ4n) is 2.14. The minimum atomic E-state index is -0.817. The zero-order valence-electron chi connectivity index (χ0n) is 13.1. The van der Waals surface area contributed by atoms with Crippen molar-refractivity contribution in [2.24, 2.45) is 0 Å². The fraction of sp³-hybridized carbons (Fsp3) is 0.294. The van der Waals surface area contributed by atoms with Crippen molar-refractivity contribution in [2.75, 3.05) is 20.7 Å². The van der Waals surface area contributed by atoms with Crippen LogP contribution in [0.2, 0.25) is 0 Å². The van der Waals surface area contributed by atoms with Gasteiger partial charge in [-0.2, -0.15) is 0 Å². The molecule has 1 N–H and O–H groups in total. The lowest BCUT2D eigenvalue weighted by Gasteiger charge is -2.13. The van der Waals surface area contributed by atoms with E-state index in [1.165, 1.54) is 7.11 Å². The van der Waals surface area contributed by atoms with E-state index in [1.807, 2.05) is 24.1 Å². The molecule has 0 amide bonds. The molecule has 0 aliphatic rings. The molecule has 2 rings (SSSR count). The zero-order valence-corrected chi connectivity index (χ0v) is 13.1. The van der Waals surface area contributed by atoms with Gasteiger partial charge in [0.1, 0.15) is 11.5 Å². The topological polar surface area (TPSA) is 80.0 Å². The summed E-state index contributed by atoms with van der Waals surface area (Å²) in [7, 11) is 3.19. The van der Waals surface area contributed by atoms with Crippen molar-refractivity contribution in [1.82, 2.24) is 4.90 Å². The molecule has 0 bridgehead atoms. The highest BCUT2D eigenvalue weighted by atomic mass is 16.5. The Morgan fingerprint density at radius 1 is 1.17 bits per heavy atom. The van der Waals surface area contributed by atoms with Gasteiger partial charge in [-0.25, -0.2) is 4.79 Å². The smallest absolute Gasteiger partial charge is 0.337 e. The maximum atomic E-state index is 11.4. The Balaban J connectivity index is 2.01. The lowest BCUT2D eigenvalue weighted by molar-refractivity contribution is -0.137. The largest absolute Gasteiger partial charge is 0.481 e. The standard InChI is InChI=1S/C17H19NO5/c1-18(10-9-16(19)20)11-14-7-8-15(23-14)12-3-5-13(6-4-12)17(21)22-2/h3-8H,9-11H2,1-2H3,(H,19,20). The first-order valence-electron chi connectivity index (χ1n) is 7.17. The van der Waals surface area contributed by atoms with Crippen LogP contribution in [-0.2, 0) is 16.1 Å². The summed E-state index contributed by atoms with van der Waals surface area (Å²) in [6.45, 7) is 0.993. The predicted molar refractivity (Wildman–Crippen MR) is 84.1 cm³/mol. The third-order valence-electron chi connectivity index (χ3n) is 3.39. The molecular weight excluding hydrogens is 298 g/mol. The molecule has 2 aromatic rings. The van der Waals surface area contributed by atoms with Crippen LogP contribution in [0.1, 0.15) is 22.5 Å². The Morgan fingerprint density at radius 3 is 2.48 bits per heavy atom. The lowest BCUT2D eigenvalue weighted by atomic mass is 10.1. The van der Waals surface area contributed by atoms with Gasteiger partial charge in [-0.05, 0) is 31.3 Å². The molecule has 122 valence electrons. The van der Waals surface area contributed by atoms with Crippen LogP contribution in [0.25, 0.3) is 11.3 Å². The zero-order chi connectivity index (χ0) is 16.8. The number of aliphatic carboxylic acids is 1. The molecule has 0 aliphatic carbocycles. The fourth-order valence-corrected chi connectivity index (χ4v) is 2.14. The SMILES string of the molecule is COC(=O)c1ccc(-c2ccc(CN(C)CCC(=O)O)o2)cc1. The second kappa shape index (κ2) is 7.60. The van der Waals surface area contributed by atoms with Crippen molar-refractivity contribution in [3.05, 3.63) is 47.7 Å². The number of hydrogen-bond acceptors (Lipinski definition) is 5. The van der Waals surface area contributed by atoms with Crippen molar-refractivity contribution < 1.29 is 23.8 Å². The van der Waals surface area contributed by atoms with Crippen LogP contribution in [-0.4, -0.2) is 42.6 Å². The predicted octanol–water partition coefficient (Wildman–Crippen LogP) is 2.64. The number of benzene rings is 1. The van der Waals surface area contributed by atoms with Crippen LogP contribution >= 0.6 is 0 Å². The number of hydrogen-bond donors (Lipinski definition) is 1. The van der Waals surface area contributed by atoms with E-state index in [-0.39, 0.29) is 12.4 Å². The Hall–Kier alpha value is -2.60. The Kier molecular flexibility index (Phi) is 5.54. The minimum Gasteiger partial charge on any atom is -0.481 e. The second-order valence-corrected chi connectivity index (χ2v) is 5.22. The van der Waals surface area contributed by atoms with E-state index in [9.17, 15) is 9.59 Å². The number of furan rings is 1. The molecule has 0 saturated carbocycles. The molecular formula is C17H19NO5. The molecule has 0 atom stereocenters. The van der Waals surface area contributed by atoms with Gasteiger partial charge < -0.3 is 14.3 Å². The first-order chi connectivity index (χ1) is 11.0. The maximum Gasteiger partial charge on any atom is 0.337 e. The molecule has 1 heterocycles. The highest BCUT2D eigenvalue weighted by Crippen LogP contribution is 2.23. The van der Waals surface area contributed by atoms with E-state index < -0.39 is 5.97 Å². The highest BCUT2D eigenvalue weighted by Gasteiger charge is 2.10. The van der Waals surface area contributed by atoms with Gasteiger partial charge in [0, 0.05) is 12.1 Å². The Morgan fingerprint density at radius 2 is 1.87 bits per heavy atom. The average Bonchev–Trinajstić information content (AvgIpc) is 3.00. The van der Waals surface area contributed by atoms with Crippen molar-refractivity contribution in [3.63, 3.8) is 0 Å². The normalized spacial score (nSPS) is 10.7. The Bertz CT molecular complexity index is 675. The van der Waals surface area contributed by atoms with Crippen molar-refractivity contribution in [1.29, 1.82) is 0 Å². The van der Waals surface area contributed by atoms with Gasteiger partial charge in [0.15, 0.2) is 0 Å². The molecule has 0 saturated heterocycles. The summed E-state index contributed by atoms with van der Waals surface area (Å²) in [6.07, 6.45) is 0.0963. The van der Waals surface area contributed by atoms with Crippen molar-refractivity contribution in [3.8, 4) is 11.3 Å². The van der Waals surface area contributed by atoms with Gasteiger partial charge in [0.05, 0.1) is 25.6 Å². The summed E-state index contributed by atoms with van der Waals surface area (Å²) in [5, 5.41) is 8.68. The number of nitrogens with zero attached hydrogens (tertiary/aromatic N) is 1.